The van der Waals surface area contributed by atoms with E-state index in [2.05, 4.69) is 0 Å². The van der Waals surface area contributed by atoms with Gasteiger partial charge in [0.15, 0.2) is 0 Å². The van der Waals surface area contributed by atoms with E-state index in [0.717, 1.165) is 12.1 Å². The first-order valence-electron chi connectivity index (χ1n) is 8.20. The zero-order valence-corrected chi connectivity index (χ0v) is 15.4. The Morgan fingerprint density at radius 1 is 1.12 bits per heavy atom. The molecule has 0 aliphatic carbocycles. The van der Waals surface area contributed by atoms with E-state index in [-0.39, 0.29) is 0 Å². The number of hydrogen-bond donors (Lipinski definition) is 0. The minimum Gasteiger partial charge on any atom is -0.453 e. The van der Waals surface area contributed by atoms with Gasteiger partial charge in [-0.1, -0.05) is 18.1 Å². The fraction of sp³-hybridized carbons (Fsp3) is 0.500. The molecular weight excluding hydrogens is 348 g/mol. The maximum absolute atomic E-state index is 12.7. The van der Waals surface area contributed by atoms with Gasteiger partial charge >= 0.3 is 19.3 Å². The average molecular weight is 370 g/mol. The van der Waals surface area contributed by atoms with E-state index in [9.17, 15) is 18.0 Å². The second kappa shape index (κ2) is 7.08. The van der Waals surface area contributed by atoms with E-state index < -0.39 is 42.1 Å². The standard InChI is InChI=1S/C18H22BF3O4/c1-12(23)24-15(13-6-8-14(9-7-13)18(20,21)22)10-11-19-25-16(2,3)17(4,5)26-19/h6-11,15H,1-5H3/b11-10+. The van der Waals surface area contributed by atoms with Gasteiger partial charge in [-0.25, -0.2) is 0 Å². The van der Waals surface area contributed by atoms with Crippen molar-refractivity contribution >= 4 is 13.1 Å². The van der Waals surface area contributed by atoms with Crippen LogP contribution in [0.3, 0.4) is 0 Å². The molecule has 1 unspecified atom stereocenters. The highest BCUT2D eigenvalue weighted by Crippen LogP contribution is 2.37. The molecule has 26 heavy (non-hydrogen) atoms. The lowest BCUT2D eigenvalue weighted by molar-refractivity contribution is -0.144. The molecule has 1 aliphatic heterocycles. The van der Waals surface area contributed by atoms with Crippen LogP contribution in [0.1, 0.15) is 51.8 Å². The molecule has 142 valence electrons. The van der Waals surface area contributed by atoms with Crippen LogP contribution in [0.5, 0.6) is 0 Å². The molecular formula is C18H22BF3O4. The molecule has 1 atom stereocenters. The second-order valence-corrected chi connectivity index (χ2v) is 7.16. The van der Waals surface area contributed by atoms with Crippen molar-refractivity contribution in [2.75, 3.05) is 0 Å². The summed E-state index contributed by atoms with van der Waals surface area (Å²) in [6.07, 6.45) is -3.71. The van der Waals surface area contributed by atoms with E-state index in [1.807, 2.05) is 27.7 Å². The van der Waals surface area contributed by atoms with Gasteiger partial charge < -0.3 is 14.0 Å². The summed E-state index contributed by atoms with van der Waals surface area (Å²) in [6.45, 7) is 8.85. The minimum absolute atomic E-state index is 0.418. The van der Waals surface area contributed by atoms with Gasteiger partial charge in [-0.05, 0) is 51.5 Å². The van der Waals surface area contributed by atoms with Crippen LogP contribution < -0.4 is 0 Å². The zero-order valence-electron chi connectivity index (χ0n) is 15.4. The van der Waals surface area contributed by atoms with Gasteiger partial charge in [-0.3, -0.25) is 4.79 Å². The first kappa shape index (κ1) is 20.5. The Hall–Kier alpha value is -1.80. The van der Waals surface area contributed by atoms with Crippen molar-refractivity contribution in [1.82, 2.24) is 0 Å². The number of halogens is 3. The molecule has 0 N–H and O–H groups in total. The van der Waals surface area contributed by atoms with E-state index in [0.29, 0.717) is 5.56 Å². The number of carbonyl (C=O) groups excluding carboxylic acids is 1. The van der Waals surface area contributed by atoms with Gasteiger partial charge in [0.1, 0.15) is 6.10 Å². The van der Waals surface area contributed by atoms with Crippen molar-refractivity contribution in [2.24, 2.45) is 0 Å². The molecule has 1 aromatic rings. The molecule has 1 aliphatic rings. The number of benzene rings is 1. The molecule has 0 saturated carbocycles. The van der Waals surface area contributed by atoms with Crippen LogP contribution in [-0.4, -0.2) is 24.3 Å². The Bertz CT molecular complexity index is 665. The molecule has 8 heteroatoms. The second-order valence-electron chi connectivity index (χ2n) is 7.16. The third-order valence-electron chi connectivity index (χ3n) is 4.57. The number of alkyl halides is 3. The fourth-order valence-electron chi connectivity index (χ4n) is 2.42. The van der Waals surface area contributed by atoms with Crippen molar-refractivity contribution in [1.29, 1.82) is 0 Å². The van der Waals surface area contributed by atoms with Crippen LogP contribution in [0.25, 0.3) is 0 Å². The summed E-state index contributed by atoms with van der Waals surface area (Å²) in [4.78, 5) is 11.4. The first-order valence-corrected chi connectivity index (χ1v) is 8.20. The number of ether oxygens (including phenoxy) is 1. The summed E-state index contributed by atoms with van der Waals surface area (Å²) in [5.41, 5.74) is -1.39. The summed E-state index contributed by atoms with van der Waals surface area (Å²) in [5.74, 6) is 1.05. The van der Waals surface area contributed by atoms with Gasteiger partial charge in [0.05, 0.1) is 16.8 Å². The number of rotatable bonds is 4. The number of esters is 1. The molecule has 1 heterocycles. The van der Waals surface area contributed by atoms with Crippen molar-refractivity contribution in [2.45, 2.75) is 58.1 Å². The minimum atomic E-state index is -4.42. The highest BCUT2D eigenvalue weighted by molar-refractivity contribution is 6.51. The Morgan fingerprint density at radius 3 is 2.04 bits per heavy atom. The molecule has 4 nitrogen and oxygen atoms in total. The Balaban J connectivity index is 2.19. The molecule has 0 bridgehead atoms. The molecule has 2 rings (SSSR count). The smallest absolute Gasteiger partial charge is 0.453 e. The van der Waals surface area contributed by atoms with Gasteiger partial charge in [0, 0.05) is 6.92 Å². The molecule has 1 saturated heterocycles. The predicted molar refractivity (Wildman–Crippen MR) is 91.2 cm³/mol. The summed E-state index contributed by atoms with van der Waals surface area (Å²) in [5, 5.41) is 0. The lowest BCUT2D eigenvalue weighted by Crippen LogP contribution is -2.41. The van der Waals surface area contributed by atoms with Crippen molar-refractivity contribution in [3.63, 3.8) is 0 Å². The topological polar surface area (TPSA) is 44.8 Å². The largest absolute Gasteiger partial charge is 0.486 e. The van der Waals surface area contributed by atoms with E-state index >= 15 is 0 Å². The summed E-state index contributed by atoms with van der Waals surface area (Å²) in [7, 11) is -0.646. The van der Waals surface area contributed by atoms with Crippen LogP contribution in [0, 0.1) is 0 Å². The lowest BCUT2D eigenvalue weighted by Gasteiger charge is -2.32. The monoisotopic (exact) mass is 370 g/mol. The molecule has 0 spiro atoms. The molecule has 0 amide bonds. The Kier molecular flexibility index (Phi) is 5.59. The fourth-order valence-corrected chi connectivity index (χ4v) is 2.42. The lowest BCUT2D eigenvalue weighted by atomic mass is 9.88. The third-order valence-corrected chi connectivity index (χ3v) is 4.57. The summed E-state index contributed by atoms with van der Waals surface area (Å²) in [6, 6.07) is 4.47. The van der Waals surface area contributed by atoms with Crippen LogP contribution in [0.15, 0.2) is 36.3 Å². The highest BCUT2D eigenvalue weighted by Gasteiger charge is 2.50. The van der Waals surface area contributed by atoms with E-state index in [1.165, 1.54) is 19.1 Å². The molecule has 1 aromatic carbocycles. The van der Waals surface area contributed by atoms with Gasteiger partial charge in [-0.15, -0.1) is 0 Å². The maximum atomic E-state index is 12.7. The van der Waals surface area contributed by atoms with Gasteiger partial charge in [0.2, 0.25) is 0 Å². The quantitative estimate of drug-likeness (QED) is 0.579. The SMILES string of the molecule is CC(=O)OC(/C=C/B1OC(C)(C)C(C)(C)O1)c1ccc(C(F)(F)F)cc1. The third kappa shape index (κ3) is 4.68. The van der Waals surface area contributed by atoms with Crippen LogP contribution >= 0.6 is 0 Å². The summed E-state index contributed by atoms with van der Waals surface area (Å²) >= 11 is 0. The molecule has 0 radical (unpaired) electrons. The van der Waals surface area contributed by atoms with Crippen LogP contribution in [-0.2, 0) is 25.0 Å². The van der Waals surface area contributed by atoms with E-state index in [1.54, 1.807) is 12.1 Å². The normalized spacial score (nSPS) is 20.4. The Labute approximate surface area is 151 Å². The molecule has 0 aromatic heterocycles. The van der Waals surface area contributed by atoms with E-state index in [4.69, 9.17) is 14.0 Å². The average Bonchev–Trinajstić information content (AvgIpc) is 2.70. The van der Waals surface area contributed by atoms with Crippen molar-refractivity contribution < 1.29 is 32.0 Å². The zero-order chi connectivity index (χ0) is 19.8. The predicted octanol–water partition coefficient (Wildman–Crippen LogP) is 4.50. The maximum Gasteiger partial charge on any atom is 0.486 e. The van der Waals surface area contributed by atoms with Gasteiger partial charge in [0.25, 0.3) is 0 Å². The first-order chi connectivity index (χ1) is 11.8. The van der Waals surface area contributed by atoms with Crippen molar-refractivity contribution in [3.8, 4) is 0 Å². The van der Waals surface area contributed by atoms with Crippen LogP contribution in [0.4, 0.5) is 13.2 Å². The highest BCUT2D eigenvalue weighted by atomic mass is 19.4. The molecule has 1 fully saturated rings. The Morgan fingerprint density at radius 2 is 1.62 bits per heavy atom. The number of hydrogen-bond acceptors (Lipinski definition) is 4. The number of carbonyl (C=O) groups is 1. The van der Waals surface area contributed by atoms with Gasteiger partial charge in [-0.2, -0.15) is 13.2 Å². The summed E-state index contributed by atoms with van der Waals surface area (Å²) < 4.78 is 54.9. The van der Waals surface area contributed by atoms with Crippen LogP contribution in [0.2, 0.25) is 0 Å². The van der Waals surface area contributed by atoms with Crippen molar-refractivity contribution in [3.05, 3.63) is 47.4 Å².